The van der Waals surface area contributed by atoms with Gasteiger partial charge in [-0.2, -0.15) is 5.26 Å². The van der Waals surface area contributed by atoms with Crippen molar-refractivity contribution >= 4 is 29.4 Å². The number of thioether (sulfide) groups is 1. The number of nitro groups is 1. The van der Waals surface area contributed by atoms with Gasteiger partial charge in [0.1, 0.15) is 11.6 Å². The number of nitriles is 1. The van der Waals surface area contributed by atoms with E-state index in [0.717, 1.165) is 11.0 Å². The van der Waals surface area contributed by atoms with Crippen LogP contribution in [0.25, 0.3) is 6.08 Å². The van der Waals surface area contributed by atoms with Gasteiger partial charge in [0.15, 0.2) is 0 Å². The maximum absolute atomic E-state index is 10.9. The summed E-state index contributed by atoms with van der Waals surface area (Å²) >= 11 is 1.40. The minimum absolute atomic E-state index is 0.179. The first-order chi connectivity index (χ1) is 8.49. The fourth-order valence-corrected chi connectivity index (χ4v) is 1.70. The summed E-state index contributed by atoms with van der Waals surface area (Å²) in [5.74, 6) is -0.915. The molecule has 92 valence electrons. The van der Waals surface area contributed by atoms with Gasteiger partial charge in [-0.05, 0) is 24.5 Å². The molecule has 0 saturated heterocycles. The quantitative estimate of drug-likeness (QED) is 0.292. The van der Waals surface area contributed by atoms with E-state index in [1.54, 1.807) is 12.1 Å². The molecule has 18 heavy (non-hydrogen) atoms. The van der Waals surface area contributed by atoms with Crippen molar-refractivity contribution in [2.45, 2.75) is 4.90 Å². The molecule has 1 amide bonds. The second kappa shape index (κ2) is 5.84. The first kappa shape index (κ1) is 13.7. The topological polar surface area (TPSA) is 110 Å². The molecule has 0 fully saturated rings. The molecule has 1 rings (SSSR count). The zero-order chi connectivity index (χ0) is 13.7. The first-order valence-corrected chi connectivity index (χ1v) is 5.96. The SMILES string of the molecule is CSc1ccc([N+](=O)[O-])c(/C=C(/C#N)C(N)=O)c1. The number of hydrogen-bond acceptors (Lipinski definition) is 5. The Morgan fingerprint density at radius 1 is 1.61 bits per heavy atom. The number of nitrogens with two attached hydrogens (primary N) is 1. The maximum Gasteiger partial charge on any atom is 0.276 e. The summed E-state index contributed by atoms with van der Waals surface area (Å²) < 4.78 is 0. The van der Waals surface area contributed by atoms with Crippen molar-refractivity contribution in [2.75, 3.05) is 6.26 Å². The summed E-state index contributed by atoms with van der Waals surface area (Å²) in [4.78, 5) is 22.0. The van der Waals surface area contributed by atoms with Crippen LogP contribution in [0.1, 0.15) is 5.56 Å². The zero-order valence-electron chi connectivity index (χ0n) is 9.41. The van der Waals surface area contributed by atoms with Gasteiger partial charge in [0, 0.05) is 11.0 Å². The maximum atomic E-state index is 10.9. The second-order valence-corrected chi connectivity index (χ2v) is 4.10. The molecule has 1 aromatic carbocycles. The number of benzene rings is 1. The lowest BCUT2D eigenvalue weighted by Crippen LogP contribution is -2.12. The standard InChI is InChI=1S/C11H9N3O3S/c1-18-9-2-3-10(14(16)17)7(5-9)4-8(6-12)11(13)15/h2-5H,1H3,(H2,13,15)/b8-4-. The number of amides is 1. The van der Waals surface area contributed by atoms with Gasteiger partial charge in [-0.25, -0.2) is 0 Å². The molecule has 1 aromatic rings. The normalized spacial score (nSPS) is 10.8. The monoisotopic (exact) mass is 263 g/mol. The third kappa shape index (κ3) is 3.09. The minimum Gasteiger partial charge on any atom is -0.365 e. The molecule has 0 saturated carbocycles. The van der Waals surface area contributed by atoms with Gasteiger partial charge in [-0.15, -0.1) is 11.8 Å². The van der Waals surface area contributed by atoms with Gasteiger partial charge >= 0.3 is 0 Å². The summed E-state index contributed by atoms with van der Waals surface area (Å²) in [5, 5.41) is 19.6. The fraction of sp³-hybridized carbons (Fsp3) is 0.0909. The van der Waals surface area contributed by atoms with E-state index in [0.29, 0.717) is 0 Å². The average Bonchev–Trinajstić information content (AvgIpc) is 2.34. The van der Waals surface area contributed by atoms with Gasteiger partial charge in [0.25, 0.3) is 11.6 Å². The van der Waals surface area contributed by atoms with Gasteiger partial charge in [-0.3, -0.25) is 14.9 Å². The smallest absolute Gasteiger partial charge is 0.276 e. The highest BCUT2D eigenvalue weighted by molar-refractivity contribution is 7.98. The van der Waals surface area contributed by atoms with E-state index >= 15 is 0 Å². The average molecular weight is 263 g/mol. The molecule has 0 aromatic heterocycles. The molecular weight excluding hydrogens is 254 g/mol. The van der Waals surface area contributed by atoms with Crippen LogP contribution in [0.3, 0.4) is 0 Å². The number of carbonyl (C=O) groups is 1. The summed E-state index contributed by atoms with van der Waals surface area (Å²) in [6, 6.07) is 6.06. The Balaban J connectivity index is 3.41. The van der Waals surface area contributed by atoms with Crippen LogP contribution in [-0.4, -0.2) is 17.1 Å². The molecule has 0 spiro atoms. The first-order valence-electron chi connectivity index (χ1n) is 4.73. The molecule has 0 aliphatic carbocycles. The molecule has 7 heteroatoms. The Bertz CT molecular complexity index is 575. The largest absolute Gasteiger partial charge is 0.365 e. The van der Waals surface area contributed by atoms with E-state index in [-0.39, 0.29) is 16.8 Å². The Kier molecular flexibility index (Phi) is 4.45. The summed E-state index contributed by atoms with van der Waals surface area (Å²) in [5.41, 5.74) is 4.67. The molecule has 0 bridgehead atoms. The van der Waals surface area contributed by atoms with Crippen LogP contribution < -0.4 is 5.73 Å². The van der Waals surface area contributed by atoms with Gasteiger partial charge in [0.2, 0.25) is 0 Å². The van der Waals surface area contributed by atoms with E-state index in [9.17, 15) is 14.9 Å². The number of carbonyl (C=O) groups excluding carboxylic acids is 1. The molecule has 6 nitrogen and oxygen atoms in total. The highest BCUT2D eigenvalue weighted by Gasteiger charge is 2.14. The van der Waals surface area contributed by atoms with E-state index in [2.05, 4.69) is 0 Å². The van der Waals surface area contributed by atoms with Crippen molar-refractivity contribution in [3.63, 3.8) is 0 Å². The van der Waals surface area contributed by atoms with Crippen molar-refractivity contribution < 1.29 is 9.72 Å². The Hall–Kier alpha value is -2.33. The molecular formula is C11H9N3O3S. The summed E-state index contributed by atoms with van der Waals surface area (Å²) in [6.07, 6.45) is 2.94. The molecule has 0 aliphatic rings. The number of hydrogen-bond donors (Lipinski definition) is 1. The highest BCUT2D eigenvalue weighted by atomic mass is 32.2. The van der Waals surface area contributed by atoms with Gasteiger partial charge in [0.05, 0.1) is 10.5 Å². The van der Waals surface area contributed by atoms with Crippen LogP contribution in [0.15, 0.2) is 28.7 Å². The summed E-state index contributed by atoms with van der Waals surface area (Å²) in [6.45, 7) is 0. The van der Waals surface area contributed by atoms with Gasteiger partial charge < -0.3 is 5.73 Å². The van der Waals surface area contributed by atoms with E-state index < -0.39 is 10.8 Å². The van der Waals surface area contributed by atoms with Crippen molar-refractivity contribution in [3.05, 3.63) is 39.4 Å². The van der Waals surface area contributed by atoms with E-state index in [4.69, 9.17) is 11.0 Å². The molecule has 0 heterocycles. The lowest BCUT2D eigenvalue weighted by atomic mass is 10.1. The molecule has 0 atom stereocenters. The van der Waals surface area contributed by atoms with E-state index in [1.165, 1.54) is 23.9 Å². The molecule has 0 radical (unpaired) electrons. The third-order valence-electron chi connectivity index (χ3n) is 2.12. The van der Waals surface area contributed by atoms with Crippen LogP contribution >= 0.6 is 11.8 Å². The fourth-order valence-electron chi connectivity index (χ4n) is 1.26. The van der Waals surface area contributed by atoms with Crippen LogP contribution in [0.2, 0.25) is 0 Å². The lowest BCUT2D eigenvalue weighted by molar-refractivity contribution is -0.385. The predicted octanol–water partition coefficient (Wildman–Crippen LogP) is 1.71. The lowest BCUT2D eigenvalue weighted by Gasteiger charge is -2.01. The van der Waals surface area contributed by atoms with Crippen molar-refractivity contribution in [2.24, 2.45) is 5.73 Å². The predicted molar refractivity (Wildman–Crippen MR) is 67.7 cm³/mol. The second-order valence-electron chi connectivity index (χ2n) is 3.22. The number of rotatable bonds is 4. The molecule has 2 N–H and O–H groups in total. The van der Waals surface area contributed by atoms with Crippen LogP contribution in [0.4, 0.5) is 5.69 Å². The van der Waals surface area contributed by atoms with Crippen LogP contribution in [0.5, 0.6) is 0 Å². The Labute approximate surface area is 107 Å². The highest BCUT2D eigenvalue weighted by Crippen LogP contribution is 2.26. The number of primary amides is 1. The Morgan fingerprint density at radius 2 is 2.28 bits per heavy atom. The Morgan fingerprint density at radius 3 is 2.72 bits per heavy atom. The minimum atomic E-state index is -0.915. The van der Waals surface area contributed by atoms with Crippen molar-refractivity contribution in [3.8, 4) is 6.07 Å². The van der Waals surface area contributed by atoms with Crippen molar-refractivity contribution in [1.82, 2.24) is 0 Å². The van der Waals surface area contributed by atoms with Crippen molar-refractivity contribution in [1.29, 1.82) is 5.26 Å². The van der Waals surface area contributed by atoms with Crippen LogP contribution in [0, 0.1) is 21.4 Å². The number of nitrogens with zero attached hydrogens (tertiary/aromatic N) is 2. The molecule has 0 unspecified atom stereocenters. The summed E-state index contributed by atoms with van der Waals surface area (Å²) in [7, 11) is 0. The molecule has 0 aliphatic heterocycles. The van der Waals surface area contributed by atoms with Crippen LogP contribution in [-0.2, 0) is 4.79 Å². The zero-order valence-corrected chi connectivity index (χ0v) is 10.2. The van der Waals surface area contributed by atoms with Gasteiger partial charge in [-0.1, -0.05) is 0 Å². The van der Waals surface area contributed by atoms with E-state index in [1.807, 2.05) is 6.26 Å². The number of nitro benzene ring substituents is 1. The third-order valence-corrected chi connectivity index (χ3v) is 2.84.